The second-order valence-electron chi connectivity index (χ2n) is 4.69. The average molecular weight is 250 g/mol. The van der Waals surface area contributed by atoms with E-state index in [0.29, 0.717) is 18.0 Å². The Morgan fingerprint density at radius 3 is 2.44 bits per heavy atom. The summed E-state index contributed by atoms with van der Waals surface area (Å²) in [4.78, 5) is 0. The Kier molecular flexibility index (Phi) is 5.19. The third-order valence-electron chi connectivity index (χ3n) is 3.24. The Morgan fingerprint density at radius 1 is 1.17 bits per heavy atom. The normalized spacial score (nSPS) is 16.8. The largest absolute Gasteiger partial charge is 0.488 e. The maximum atomic E-state index is 8.97. The van der Waals surface area contributed by atoms with Crippen LogP contribution >= 0.6 is 0 Å². The van der Waals surface area contributed by atoms with E-state index in [-0.39, 0.29) is 0 Å². The van der Waals surface area contributed by atoms with Crippen molar-refractivity contribution in [3.63, 3.8) is 0 Å². The molecule has 1 heterocycles. The molecule has 0 unspecified atom stereocenters. The predicted octanol–water partition coefficient (Wildman–Crippen LogP) is 0.310. The lowest BCUT2D eigenvalue weighted by Gasteiger charge is -2.21. The molecule has 0 aromatic heterocycles. The second kappa shape index (κ2) is 6.90. The fourth-order valence-corrected chi connectivity index (χ4v) is 2.04. The van der Waals surface area contributed by atoms with Crippen LogP contribution in [-0.2, 0) is 16.1 Å². The zero-order chi connectivity index (χ0) is 12.8. The maximum absolute atomic E-state index is 8.97. The number of benzene rings is 1. The molecule has 18 heavy (non-hydrogen) atoms. The molecule has 1 aromatic carbocycles. The Morgan fingerprint density at radius 2 is 1.83 bits per heavy atom. The summed E-state index contributed by atoms with van der Waals surface area (Å²) in [5, 5.41) is 17.9. The highest BCUT2D eigenvalue weighted by Crippen LogP contribution is 2.15. The van der Waals surface area contributed by atoms with Crippen LogP contribution in [0, 0.1) is 5.92 Å². The SMILES string of the molecule is OB(O)c1ccc(COCC2CCOCC2)cc1. The lowest BCUT2D eigenvalue weighted by molar-refractivity contribution is 0.0157. The topological polar surface area (TPSA) is 58.9 Å². The first kappa shape index (κ1) is 13.6. The number of rotatable bonds is 5. The molecule has 2 rings (SSSR count). The monoisotopic (exact) mass is 250 g/mol. The van der Waals surface area contributed by atoms with Gasteiger partial charge in [0.1, 0.15) is 0 Å². The summed E-state index contributed by atoms with van der Waals surface area (Å²) in [6.07, 6.45) is 2.16. The number of hydrogen-bond donors (Lipinski definition) is 2. The summed E-state index contributed by atoms with van der Waals surface area (Å²) in [5.41, 5.74) is 1.55. The van der Waals surface area contributed by atoms with Gasteiger partial charge in [-0.3, -0.25) is 0 Å². The van der Waals surface area contributed by atoms with Crippen molar-refractivity contribution in [1.82, 2.24) is 0 Å². The minimum atomic E-state index is -1.40. The lowest BCUT2D eigenvalue weighted by atomic mass is 9.80. The fourth-order valence-electron chi connectivity index (χ4n) is 2.04. The van der Waals surface area contributed by atoms with E-state index in [9.17, 15) is 0 Å². The number of hydrogen-bond acceptors (Lipinski definition) is 4. The molecule has 1 aliphatic rings. The first-order valence-corrected chi connectivity index (χ1v) is 6.36. The van der Waals surface area contributed by atoms with Gasteiger partial charge in [0.05, 0.1) is 13.2 Å². The number of ether oxygens (including phenoxy) is 2. The molecule has 1 aromatic rings. The van der Waals surface area contributed by atoms with Crippen LogP contribution in [0.4, 0.5) is 0 Å². The standard InChI is InChI=1S/C13H19BO4/c15-14(16)13-3-1-11(2-4-13)9-18-10-12-5-7-17-8-6-12/h1-4,12,15-16H,5-10H2. The Balaban J connectivity index is 1.72. The van der Waals surface area contributed by atoms with Gasteiger partial charge >= 0.3 is 7.12 Å². The van der Waals surface area contributed by atoms with Crippen LogP contribution in [0.2, 0.25) is 0 Å². The minimum absolute atomic E-state index is 0.503. The van der Waals surface area contributed by atoms with Gasteiger partial charge in [0.25, 0.3) is 0 Å². The van der Waals surface area contributed by atoms with Crippen LogP contribution in [0.3, 0.4) is 0 Å². The zero-order valence-corrected chi connectivity index (χ0v) is 10.4. The second-order valence-corrected chi connectivity index (χ2v) is 4.69. The summed E-state index contributed by atoms with van der Waals surface area (Å²) in [6.45, 7) is 3.03. The molecule has 1 fully saturated rings. The van der Waals surface area contributed by atoms with E-state index in [0.717, 1.165) is 38.2 Å². The highest BCUT2D eigenvalue weighted by atomic mass is 16.5. The molecular formula is C13H19BO4. The quantitative estimate of drug-likeness (QED) is 0.738. The van der Waals surface area contributed by atoms with E-state index in [1.807, 2.05) is 12.1 Å². The molecule has 0 radical (unpaired) electrons. The molecule has 4 nitrogen and oxygen atoms in total. The van der Waals surface area contributed by atoms with Crippen molar-refractivity contribution in [2.24, 2.45) is 5.92 Å². The third kappa shape index (κ3) is 4.10. The van der Waals surface area contributed by atoms with Gasteiger partial charge in [-0.15, -0.1) is 0 Å². The van der Waals surface area contributed by atoms with E-state index < -0.39 is 7.12 Å². The summed E-state index contributed by atoms with van der Waals surface area (Å²) < 4.78 is 11.0. The molecule has 0 bridgehead atoms. The fraction of sp³-hybridized carbons (Fsp3) is 0.538. The smallest absolute Gasteiger partial charge is 0.423 e. The van der Waals surface area contributed by atoms with E-state index in [4.69, 9.17) is 19.5 Å². The van der Waals surface area contributed by atoms with Crippen LogP contribution in [-0.4, -0.2) is 37.0 Å². The van der Waals surface area contributed by atoms with Crippen LogP contribution in [0.1, 0.15) is 18.4 Å². The first-order valence-electron chi connectivity index (χ1n) is 6.36. The van der Waals surface area contributed by atoms with Gasteiger partial charge in [-0.2, -0.15) is 0 Å². The molecule has 1 aliphatic heterocycles. The van der Waals surface area contributed by atoms with Crippen molar-refractivity contribution in [3.05, 3.63) is 29.8 Å². The van der Waals surface area contributed by atoms with E-state index >= 15 is 0 Å². The molecule has 0 spiro atoms. The van der Waals surface area contributed by atoms with Crippen molar-refractivity contribution < 1.29 is 19.5 Å². The molecule has 0 amide bonds. The highest BCUT2D eigenvalue weighted by Gasteiger charge is 2.14. The lowest BCUT2D eigenvalue weighted by Crippen LogP contribution is -2.29. The third-order valence-corrected chi connectivity index (χ3v) is 3.24. The summed E-state index contributed by atoms with van der Waals surface area (Å²) in [5.74, 6) is 0.609. The molecule has 5 heteroatoms. The molecule has 0 saturated carbocycles. The van der Waals surface area contributed by atoms with Gasteiger partial charge in [0.2, 0.25) is 0 Å². The van der Waals surface area contributed by atoms with Gasteiger partial charge in [0.15, 0.2) is 0 Å². The summed E-state index contributed by atoms with van der Waals surface area (Å²) in [6, 6.07) is 7.13. The van der Waals surface area contributed by atoms with Gasteiger partial charge in [-0.1, -0.05) is 24.3 Å². The van der Waals surface area contributed by atoms with Crippen LogP contribution in [0.15, 0.2) is 24.3 Å². The average Bonchev–Trinajstić information content (AvgIpc) is 2.40. The molecule has 98 valence electrons. The molecule has 2 N–H and O–H groups in total. The predicted molar refractivity (Wildman–Crippen MR) is 69.5 cm³/mol. The van der Waals surface area contributed by atoms with Crippen LogP contribution in [0.5, 0.6) is 0 Å². The van der Waals surface area contributed by atoms with Gasteiger partial charge in [-0.05, 0) is 29.8 Å². The van der Waals surface area contributed by atoms with Crippen LogP contribution < -0.4 is 5.46 Å². The van der Waals surface area contributed by atoms with Crippen molar-refractivity contribution in [2.45, 2.75) is 19.4 Å². The Labute approximate surface area is 108 Å². The molecule has 0 atom stereocenters. The van der Waals surface area contributed by atoms with E-state index in [1.54, 1.807) is 12.1 Å². The molecule has 0 aliphatic carbocycles. The van der Waals surface area contributed by atoms with E-state index in [1.165, 1.54) is 0 Å². The zero-order valence-electron chi connectivity index (χ0n) is 10.4. The molecule has 1 saturated heterocycles. The van der Waals surface area contributed by atoms with Crippen molar-refractivity contribution in [1.29, 1.82) is 0 Å². The summed E-state index contributed by atoms with van der Waals surface area (Å²) >= 11 is 0. The maximum Gasteiger partial charge on any atom is 0.488 e. The first-order chi connectivity index (χ1) is 8.75. The van der Waals surface area contributed by atoms with Crippen LogP contribution in [0.25, 0.3) is 0 Å². The highest BCUT2D eigenvalue weighted by molar-refractivity contribution is 6.58. The Hall–Kier alpha value is -0.875. The van der Waals surface area contributed by atoms with E-state index in [2.05, 4.69) is 0 Å². The Bertz CT molecular complexity index is 347. The summed E-state index contributed by atoms with van der Waals surface area (Å²) in [7, 11) is -1.40. The van der Waals surface area contributed by atoms with Gasteiger partial charge < -0.3 is 19.5 Å². The van der Waals surface area contributed by atoms with Crippen molar-refractivity contribution >= 4 is 12.6 Å². The van der Waals surface area contributed by atoms with Gasteiger partial charge in [0, 0.05) is 13.2 Å². The minimum Gasteiger partial charge on any atom is -0.423 e. The van der Waals surface area contributed by atoms with Gasteiger partial charge in [-0.25, -0.2) is 0 Å². The molecular weight excluding hydrogens is 231 g/mol. The van der Waals surface area contributed by atoms with Crippen molar-refractivity contribution in [2.75, 3.05) is 19.8 Å². The van der Waals surface area contributed by atoms with Crippen molar-refractivity contribution in [3.8, 4) is 0 Å².